The second-order valence-corrected chi connectivity index (χ2v) is 8.92. The van der Waals surface area contributed by atoms with Gasteiger partial charge in [-0.25, -0.2) is 4.39 Å². The predicted octanol–water partition coefficient (Wildman–Crippen LogP) is 5.67. The highest BCUT2D eigenvalue weighted by atomic mass is 19.1. The number of piperidine rings is 1. The summed E-state index contributed by atoms with van der Waals surface area (Å²) in [5.74, 6) is 2.77. The Bertz CT molecular complexity index is 1040. The van der Waals surface area contributed by atoms with Gasteiger partial charge < -0.3 is 19.1 Å². The van der Waals surface area contributed by atoms with Crippen LogP contribution >= 0.6 is 0 Å². The standard InChI is InChI=1S/C28H30FNO3/c29-24-10-8-22(9-11-24)26-14-16-30(15-4-7-21-5-2-1-3-6-21)18-23(26)19-31-25-12-13-27-28(17-25)33-20-32-27/h1-3,5-6,8-13,17,23,26H,4,7,14-16,18-20H2/t23-,26-/m1/s1. The van der Waals surface area contributed by atoms with Crippen molar-refractivity contribution in [3.05, 3.63) is 89.7 Å². The van der Waals surface area contributed by atoms with Crippen LogP contribution in [-0.4, -0.2) is 37.9 Å². The zero-order valence-electron chi connectivity index (χ0n) is 18.8. The van der Waals surface area contributed by atoms with Gasteiger partial charge in [0.25, 0.3) is 0 Å². The van der Waals surface area contributed by atoms with Crippen LogP contribution in [0.4, 0.5) is 4.39 Å². The van der Waals surface area contributed by atoms with E-state index >= 15 is 0 Å². The lowest BCUT2D eigenvalue weighted by atomic mass is 9.80. The van der Waals surface area contributed by atoms with E-state index in [4.69, 9.17) is 14.2 Å². The number of hydrogen-bond acceptors (Lipinski definition) is 4. The molecule has 5 heteroatoms. The Kier molecular flexibility index (Phi) is 6.77. The number of nitrogens with zero attached hydrogens (tertiary/aromatic N) is 1. The highest BCUT2D eigenvalue weighted by Gasteiger charge is 2.31. The molecule has 0 aromatic heterocycles. The Labute approximate surface area is 194 Å². The van der Waals surface area contributed by atoms with Gasteiger partial charge in [0.2, 0.25) is 6.79 Å². The zero-order chi connectivity index (χ0) is 22.5. The van der Waals surface area contributed by atoms with Crippen LogP contribution in [0.5, 0.6) is 17.2 Å². The summed E-state index contributed by atoms with van der Waals surface area (Å²) in [6.45, 7) is 3.97. The van der Waals surface area contributed by atoms with E-state index in [1.807, 2.05) is 30.3 Å². The summed E-state index contributed by atoms with van der Waals surface area (Å²) in [7, 11) is 0. The second-order valence-electron chi connectivity index (χ2n) is 8.92. The molecule has 2 atom stereocenters. The molecule has 0 saturated carbocycles. The molecule has 2 aliphatic rings. The molecule has 1 fully saturated rings. The first-order valence-electron chi connectivity index (χ1n) is 11.8. The van der Waals surface area contributed by atoms with E-state index in [1.54, 1.807) is 12.1 Å². The van der Waals surface area contributed by atoms with Gasteiger partial charge in [-0.05, 0) is 73.7 Å². The molecule has 3 aromatic carbocycles. The topological polar surface area (TPSA) is 30.9 Å². The Morgan fingerprint density at radius 3 is 2.61 bits per heavy atom. The maximum Gasteiger partial charge on any atom is 0.231 e. The molecule has 0 amide bonds. The lowest BCUT2D eigenvalue weighted by molar-refractivity contribution is 0.110. The van der Waals surface area contributed by atoms with Gasteiger partial charge in [-0.1, -0.05) is 42.5 Å². The fraction of sp³-hybridized carbons (Fsp3) is 0.357. The molecule has 3 aromatic rings. The van der Waals surface area contributed by atoms with E-state index in [1.165, 1.54) is 11.1 Å². The maximum atomic E-state index is 13.5. The fourth-order valence-electron chi connectivity index (χ4n) is 4.95. The molecule has 0 N–H and O–H groups in total. The number of rotatable bonds is 8. The molecule has 2 heterocycles. The van der Waals surface area contributed by atoms with Crippen molar-refractivity contribution in [2.75, 3.05) is 33.0 Å². The summed E-state index contributed by atoms with van der Waals surface area (Å²) in [5.41, 5.74) is 2.58. The van der Waals surface area contributed by atoms with Crippen molar-refractivity contribution >= 4 is 0 Å². The average molecular weight is 448 g/mol. The van der Waals surface area contributed by atoms with Gasteiger partial charge in [-0.2, -0.15) is 0 Å². The van der Waals surface area contributed by atoms with Gasteiger partial charge in [0.15, 0.2) is 11.5 Å². The molecule has 4 nitrogen and oxygen atoms in total. The molecular weight excluding hydrogens is 417 g/mol. The molecule has 0 unspecified atom stereocenters. The second kappa shape index (κ2) is 10.3. The van der Waals surface area contributed by atoms with E-state index in [-0.39, 0.29) is 12.6 Å². The van der Waals surface area contributed by atoms with Crippen LogP contribution in [0.2, 0.25) is 0 Å². The third-order valence-electron chi connectivity index (χ3n) is 6.71. The van der Waals surface area contributed by atoms with Crippen molar-refractivity contribution in [1.82, 2.24) is 4.90 Å². The number of benzene rings is 3. The number of hydrogen-bond donors (Lipinski definition) is 0. The number of aryl methyl sites for hydroxylation is 1. The summed E-state index contributed by atoms with van der Waals surface area (Å²) in [6.07, 6.45) is 3.28. The van der Waals surface area contributed by atoms with E-state index in [0.29, 0.717) is 18.4 Å². The number of ether oxygens (including phenoxy) is 3. The third-order valence-corrected chi connectivity index (χ3v) is 6.71. The Morgan fingerprint density at radius 1 is 0.939 bits per heavy atom. The van der Waals surface area contributed by atoms with Gasteiger partial charge in [-0.3, -0.25) is 0 Å². The SMILES string of the molecule is Fc1ccc([C@H]2CCN(CCCc3ccccc3)C[C@@H]2COc2ccc3c(c2)OCO3)cc1. The monoisotopic (exact) mass is 447 g/mol. The van der Waals surface area contributed by atoms with Crippen molar-refractivity contribution in [2.45, 2.75) is 25.2 Å². The third kappa shape index (κ3) is 5.48. The molecule has 5 rings (SSSR count). The highest BCUT2D eigenvalue weighted by Crippen LogP contribution is 2.37. The largest absolute Gasteiger partial charge is 0.493 e. The van der Waals surface area contributed by atoms with Gasteiger partial charge in [-0.15, -0.1) is 0 Å². The zero-order valence-corrected chi connectivity index (χ0v) is 18.8. The number of fused-ring (bicyclic) bond motifs is 1. The minimum absolute atomic E-state index is 0.190. The fourth-order valence-corrected chi connectivity index (χ4v) is 4.95. The first kappa shape index (κ1) is 21.8. The molecule has 0 aliphatic carbocycles. The summed E-state index contributed by atoms with van der Waals surface area (Å²) < 4.78 is 30.6. The van der Waals surface area contributed by atoms with Crippen LogP contribution in [0.25, 0.3) is 0 Å². The average Bonchev–Trinajstić information content (AvgIpc) is 3.32. The van der Waals surface area contributed by atoms with Gasteiger partial charge in [0, 0.05) is 18.5 Å². The van der Waals surface area contributed by atoms with E-state index in [0.717, 1.165) is 56.1 Å². The first-order chi connectivity index (χ1) is 16.2. The van der Waals surface area contributed by atoms with Crippen molar-refractivity contribution < 1.29 is 18.6 Å². The number of likely N-dealkylation sites (tertiary alicyclic amines) is 1. The quantitative estimate of drug-likeness (QED) is 0.445. The van der Waals surface area contributed by atoms with Crippen molar-refractivity contribution in [3.8, 4) is 17.2 Å². The lowest BCUT2D eigenvalue weighted by Gasteiger charge is -2.39. The van der Waals surface area contributed by atoms with E-state index in [9.17, 15) is 4.39 Å². The molecule has 2 aliphatic heterocycles. The highest BCUT2D eigenvalue weighted by molar-refractivity contribution is 5.46. The minimum Gasteiger partial charge on any atom is -0.493 e. The first-order valence-corrected chi connectivity index (χ1v) is 11.8. The predicted molar refractivity (Wildman–Crippen MR) is 127 cm³/mol. The molecule has 0 radical (unpaired) electrons. The summed E-state index contributed by atoms with van der Waals surface area (Å²) in [6, 6.07) is 23.4. The lowest BCUT2D eigenvalue weighted by Crippen LogP contribution is -2.42. The van der Waals surface area contributed by atoms with Gasteiger partial charge in [0.1, 0.15) is 11.6 Å². The Morgan fingerprint density at radius 2 is 1.76 bits per heavy atom. The Hall–Kier alpha value is -3.05. The molecular formula is C28H30FNO3. The van der Waals surface area contributed by atoms with E-state index < -0.39 is 0 Å². The summed E-state index contributed by atoms with van der Waals surface area (Å²) in [4.78, 5) is 2.55. The van der Waals surface area contributed by atoms with E-state index in [2.05, 4.69) is 35.2 Å². The molecule has 0 spiro atoms. The maximum absolute atomic E-state index is 13.5. The van der Waals surface area contributed by atoms with Crippen LogP contribution in [0, 0.1) is 11.7 Å². The van der Waals surface area contributed by atoms with Gasteiger partial charge in [0.05, 0.1) is 6.61 Å². The Balaban J connectivity index is 1.23. The van der Waals surface area contributed by atoms with Crippen molar-refractivity contribution in [1.29, 1.82) is 0 Å². The van der Waals surface area contributed by atoms with Crippen LogP contribution in [0.1, 0.15) is 29.9 Å². The molecule has 0 bridgehead atoms. The molecule has 172 valence electrons. The smallest absolute Gasteiger partial charge is 0.231 e. The molecule has 1 saturated heterocycles. The van der Waals surface area contributed by atoms with Crippen molar-refractivity contribution in [3.63, 3.8) is 0 Å². The van der Waals surface area contributed by atoms with Crippen LogP contribution < -0.4 is 14.2 Å². The van der Waals surface area contributed by atoms with Crippen LogP contribution in [0.3, 0.4) is 0 Å². The minimum atomic E-state index is -0.190. The summed E-state index contributed by atoms with van der Waals surface area (Å²) >= 11 is 0. The normalized spacial score (nSPS) is 20.0. The number of halogens is 1. The van der Waals surface area contributed by atoms with Gasteiger partial charge >= 0.3 is 0 Å². The molecule has 33 heavy (non-hydrogen) atoms. The van der Waals surface area contributed by atoms with Crippen LogP contribution in [-0.2, 0) is 6.42 Å². The van der Waals surface area contributed by atoms with Crippen molar-refractivity contribution in [2.24, 2.45) is 5.92 Å². The van der Waals surface area contributed by atoms with Crippen LogP contribution in [0.15, 0.2) is 72.8 Å². The summed E-state index contributed by atoms with van der Waals surface area (Å²) in [5, 5.41) is 0.